The molecule has 2 aromatic carbocycles. The number of hydrogen-bond donors (Lipinski definition) is 1. The quantitative estimate of drug-likeness (QED) is 0.572. The Morgan fingerprint density at radius 2 is 1.79 bits per heavy atom. The Bertz CT molecular complexity index is 876. The lowest BCUT2D eigenvalue weighted by atomic mass is 10.0. The summed E-state index contributed by atoms with van der Waals surface area (Å²) in [7, 11) is 3.47. The molecule has 1 N–H and O–H groups in total. The van der Waals surface area contributed by atoms with Crippen molar-refractivity contribution in [3.63, 3.8) is 0 Å². The van der Waals surface area contributed by atoms with Gasteiger partial charge < -0.3 is 10.2 Å². The second kappa shape index (κ2) is 9.52. The highest BCUT2D eigenvalue weighted by Gasteiger charge is 2.19. The number of nitro benzene ring substituents is 1. The first kappa shape index (κ1) is 20.8. The molecule has 0 radical (unpaired) electrons. The van der Waals surface area contributed by atoms with E-state index in [-0.39, 0.29) is 17.2 Å². The van der Waals surface area contributed by atoms with Crippen molar-refractivity contribution in [3.8, 4) is 0 Å². The third-order valence-corrected chi connectivity index (χ3v) is 5.32. The Hall–Kier alpha value is -2.93. The minimum atomic E-state index is -0.458. The topological polar surface area (TPSA) is 78.7 Å². The summed E-state index contributed by atoms with van der Waals surface area (Å²) in [5.74, 6) is -0.314. The highest BCUT2D eigenvalue weighted by Crippen LogP contribution is 2.27. The largest absolute Gasteiger partial charge is 0.372 e. The molecular formula is C22H28N4O3. The third kappa shape index (κ3) is 5.32. The molecule has 1 aliphatic rings. The molecule has 0 aromatic heterocycles. The Morgan fingerprint density at radius 1 is 1.10 bits per heavy atom. The Labute approximate surface area is 171 Å². The first-order valence-corrected chi connectivity index (χ1v) is 9.99. The van der Waals surface area contributed by atoms with E-state index in [2.05, 4.69) is 16.3 Å². The van der Waals surface area contributed by atoms with Crippen molar-refractivity contribution < 1.29 is 9.72 Å². The van der Waals surface area contributed by atoms with Crippen molar-refractivity contribution in [2.24, 2.45) is 0 Å². The lowest BCUT2D eigenvalue weighted by molar-refractivity contribution is -0.384. The smallest absolute Gasteiger partial charge is 0.293 e. The van der Waals surface area contributed by atoms with Gasteiger partial charge in [0.1, 0.15) is 5.69 Å². The maximum Gasteiger partial charge on any atom is 0.293 e. The molecule has 0 spiro atoms. The standard InChI is InChI=1S/C22H28N4O3/c1-24(2)20-11-10-17(14-21(20)26(28)29)22(27)23-15-18-8-4-5-9-19(18)16-25-12-6-3-7-13-25/h4-5,8-11,14H,3,6-7,12-13,15-16H2,1-2H3,(H,23,27). The summed E-state index contributed by atoms with van der Waals surface area (Å²) in [6, 6.07) is 12.7. The number of amides is 1. The van der Waals surface area contributed by atoms with Crippen molar-refractivity contribution in [2.75, 3.05) is 32.1 Å². The van der Waals surface area contributed by atoms with E-state index in [0.717, 1.165) is 25.2 Å². The summed E-state index contributed by atoms with van der Waals surface area (Å²) in [5.41, 5.74) is 2.97. The first-order chi connectivity index (χ1) is 14.0. The molecule has 0 unspecified atom stereocenters. The summed E-state index contributed by atoms with van der Waals surface area (Å²) in [4.78, 5) is 27.6. The molecule has 2 aromatic rings. The molecule has 0 atom stereocenters. The number of hydrogen-bond acceptors (Lipinski definition) is 5. The molecule has 154 valence electrons. The molecule has 0 aliphatic carbocycles. The Balaban J connectivity index is 1.69. The van der Waals surface area contributed by atoms with Crippen LogP contribution in [0.5, 0.6) is 0 Å². The van der Waals surface area contributed by atoms with Crippen LogP contribution < -0.4 is 10.2 Å². The van der Waals surface area contributed by atoms with Crippen LogP contribution in [0.3, 0.4) is 0 Å². The van der Waals surface area contributed by atoms with Gasteiger partial charge in [-0.2, -0.15) is 0 Å². The van der Waals surface area contributed by atoms with E-state index in [1.807, 2.05) is 18.2 Å². The van der Waals surface area contributed by atoms with Gasteiger partial charge in [-0.1, -0.05) is 30.7 Å². The van der Waals surface area contributed by atoms with Crippen molar-refractivity contribution >= 4 is 17.3 Å². The van der Waals surface area contributed by atoms with E-state index in [9.17, 15) is 14.9 Å². The number of piperidine rings is 1. The van der Waals surface area contributed by atoms with Gasteiger partial charge >= 0.3 is 0 Å². The van der Waals surface area contributed by atoms with Crippen LogP contribution in [0, 0.1) is 10.1 Å². The number of nitro groups is 1. The summed E-state index contributed by atoms with van der Waals surface area (Å²) >= 11 is 0. The van der Waals surface area contributed by atoms with Crippen LogP contribution in [-0.2, 0) is 13.1 Å². The number of anilines is 1. The molecule has 1 saturated heterocycles. The molecule has 7 nitrogen and oxygen atoms in total. The second-order valence-electron chi connectivity index (χ2n) is 7.64. The van der Waals surface area contributed by atoms with E-state index in [1.165, 1.54) is 30.9 Å². The Morgan fingerprint density at radius 3 is 2.45 bits per heavy atom. The van der Waals surface area contributed by atoms with Crippen LogP contribution in [0.2, 0.25) is 0 Å². The number of benzene rings is 2. The highest BCUT2D eigenvalue weighted by atomic mass is 16.6. The SMILES string of the molecule is CN(C)c1ccc(C(=O)NCc2ccccc2CN2CCCCC2)cc1[N+](=O)[O-]. The zero-order valence-corrected chi connectivity index (χ0v) is 17.1. The van der Waals surface area contributed by atoms with Crippen molar-refractivity contribution in [1.82, 2.24) is 10.2 Å². The number of carbonyl (C=O) groups is 1. The molecular weight excluding hydrogens is 368 g/mol. The number of rotatable bonds is 7. The minimum absolute atomic E-state index is 0.0758. The van der Waals surface area contributed by atoms with Crippen LogP contribution in [0.25, 0.3) is 0 Å². The summed E-state index contributed by atoms with van der Waals surface area (Å²) < 4.78 is 0. The summed E-state index contributed by atoms with van der Waals surface area (Å²) in [5, 5.41) is 14.3. The summed E-state index contributed by atoms with van der Waals surface area (Å²) in [6.45, 7) is 3.51. The van der Waals surface area contributed by atoms with Crippen LogP contribution in [0.15, 0.2) is 42.5 Å². The maximum atomic E-state index is 12.6. The zero-order valence-electron chi connectivity index (χ0n) is 17.1. The van der Waals surface area contributed by atoms with Gasteiger partial charge in [0.2, 0.25) is 0 Å². The Kier molecular flexibility index (Phi) is 6.82. The average Bonchev–Trinajstić information content (AvgIpc) is 2.73. The average molecular weight is 396 g/mol. The maximum absolute atomic E-state index is 12.6. The van der Waals surface area contributed by atoms with Gasteiger partial charge in [-0.3, -0.25) is 19.8 Å². The fourth-order valence-electron chi connectivity index (χ4n) is 3.71. The van der Waals surface area contributed by atoms with Gasteiger partial charge in [-0.05, 0) is 49.2 Å². The van der Waals surface area contributed by atoms with Crippen molar-refractivity contribution in [2.45, 2.75) is 32.4 Å². The van der Waals surface area contributed by atoms with Crippen molar-refractivity contribution in [1.29, 1.82) is 0 Å². The fraction of sp³-hybridized carbons (Fsp3) is 0.409. The normalized spacial score (nSPS) is 14.4. The van der Waals surface area contributed by atoms with E-state index >= 15 is 0 Å². The van der Waals surface area contributed by atoms with Crippen LogP contribution in [0.4, 0.5) is 11.4 Å². The van der Waals surface area contributed by atoms with Gasteiger partial charge in [-0.15, -0.1) is 0 Å². The number of nitrogens with one attached hydrogen (secondary N) is 1. The van der Waals surface area contributed by atoms with E-state index in [1.54, 1.807) is 31.1 Å². The van der Waals surface area contributed by atoms with E-state index in [4.69, 9.17) is 0 Å². The number of carbonyl (C=O) groups excluding carboxylic acids is 1. The molecule has 0 bridgehead atoms. The molecule has 0 saturated carbocycles. The lowest BCUT2D eigenvalue weighted by Crippen LogP contribution is -2.30. The van der Waals surface area contributed by atoms with Crippen LogP contribution in [0.1, 0.15) is 40.7 Å². The second-order valence-corrected chi connectivity index (χ2v) is 7.64. The molecule has 1 aliphatic heterocycles. The molecule has 7 heteroatoms. The lowest BCUT2D eigenvalue weighted by Gasteiger charge is -2.27. The van der Waals surface area contributed by atoms with Gasteiger partial charge in [0.15, 0.2) is 0 Å². The minimum Gasteiger partial charge on any atom is -0.372 e. The monoisotopic (exact) mass is 396 g/mol. The molecule has 1 fully saturated rings. The predicted octanol–water partition coefficient (Wildman–Crippen LogP) is 3.58. The van der Waals surface area contributed by atoms with Gasteiger partial charge in [0, 0.05) is 38.8 Å². The van der Waals surface area contributed by atoms with Crippen LogP contribution in [-0.4, -0.2) is 42.9 Å². The fourth-order valence-corrected chi connectivity index (χ4v) is 3.71. The van der Waals surface area contributed by atoms with Crippen molar-refractivity contribution in [3.05, 3.63) is 69.3 Å². The zero-order chi connectivity index (χ0) is 20.8. The predicted molar refractivity (Wildman–Crippen MR) is 114 cm³/mol. The summed E-state index contributed by atoms with van der Waals surface area (Å²) in [6.07, 6.45) is 3.77. The van der Waals surface area contributed by atoms with Gasteiger partial charge in [0.05, 0.1) is 4.92 Å². The molecule has 3 rings (SSSR count). The third-order valence-electron chi connectivity index (χ3n) is 5.32. The highest BCUT2D eigenvalue weighted by molar-refractivity contribution is 5.95. The van der Waals surface area contributed by atoms with Crippen LogP contribution >= 0.6 is 0 Å². The number of likely N-dealkylation sites (tertiary alicyclic amines) is 1. The first-order valence-electron chi connectivity index (χ1n) is 9.99. The molecule has 1 amide bonds. The molecule has 1 heterocycles. The van der Waals surface area contributed by atoms with E-state index < -0.39 is 4.92 Å². The molecule has 29 heavy (non-hydrogen) atoms. The van der Waals surface area contributed by atoms with E-state index in [0.29, 0.717) is 12.2 Å². The van der Waals surface area contributed by atoms with Gasteiger partial charge in [0.25, 0.3) is 11.6 Å². The van der Waals surface area contributed by atoms with Gasteiger partial charge in [-0.25, -0.2) is 0 Å². The number of nitrogens with zero attached hydrogens (tertiary/aromatic N) is 3.